The van der Waals surface area contributed by atoms with Crippen molar-refractivity contribution in [3.63, 3.8) is 0 Å². The lowest BCUT2D eigenvalue weighted by Gasteiger charge is -2.40. The maximum absolute atomic E-state index is 11.9. The molecule has 2 aliphatic heterocycles. The number of hydrogen-bond donors (Lipinski definition) is 1. The van der Waals surface area contributed by atoms with E-state index < -0.39 is 11.9 Å². The third-order valence-electron chi connectivity index (χ3n) is 3.26. The number of aliphatic carboxylic acids is 1. The topological polar surface area (TPSA) is 70.1 Å². The van der Waals surface area contributed by atoms with E-state index in [9.17, 15) is 9.59 Å². The molecule has 1 atom stereocenters. The second kappa shape index (κ2) is 4.29. The standard InChI is InChI=1S/C10H16N2O4/c1-11(8-2-3-16-6-8)10(15)12-4-7(5-12)9(13)14/h7-8H,2-6H2,1H3,(H,13,14). The Kier molecular flexibility index (Phi) is 3.00. The maximum Gasteiger partial charge on any atom is 0.320 e. The van der Waals surface area contributed by atoms with Crippen LogP contribution in [0.3, 0.4) is 0 Å². The first-order valence-corrected chi connectivity index (χ1v) is 5.42. The Labute approximate surface area is 93.8 Å². The highest BCUT2D eigenvalue weighted by atomic mass is 16.5. The molecule has 2 heterocycles. The fraction of sp³-hybridized carbons (Fsp3) is 0.800. The Balaban J connectivity index is 1.82. The smallest absolute Gasteiger partial charge is 0.320 e. The minimum atomic E-state index is -0.823. The molecule has 2 saturated heterocycles. The van der Waals surface area contributed by atoms with Crippen LogP contribution in [0.1, 0.15) is 6.42 Å². The fourth-order valence-corrected chi connectivity index (χ4v) is 2.00. The summed E-state index contributed by atoms with van der Waals surface area (Å²) in [4.78, 5) is 25.7. The van der Waals surface area contributed by atoms with Crippen LogP contribution in [0.2, 0.25) is 0 Å². The molecule has 0 aromatic rings. The van der Waals surface area contributed by atoms with Gasteiger partial charge in [0.1, 0.15) is 0 Å². The van der Waals surface area contributed by atoms with Crippen molar-refractivity contribution in [2.24, 2.45) is 5.92 Å². The van der Waals surface area contributed by atoms with Crippen molar-refractivity contribution in [2.75, 3.05) is 33.4 Å². The van der Waals surface area contributed by atoms with Crippen LogP contribution in [0.25, 0.3) is 0 Å². The Morgan fingerprint density at radius 2 is 2.12 bits per heavy atom. The van der Waals surface area contributed by atoms with Gasteiger partial charge in [0.15, 0.2) is 0 Å². The predicted octanol–water partition coefficient (Wildman–Crippen LogP) is -0.156. The van der Waals surface area contributed by atoms with Crippen LogP contribution in [-0.2, 0) is 9.53 Å². The zero-order valence-corrected chi connectivity index (χ0v) is 9.26. The molecule has 6 nitrogen and oxygen atoms in total. The van der Waals surface area contributed by atoms with Crippen molar-refractivity contribution in [2.45, 2.75) is 12.5 Å². The molecule has 1 unspecified atom stereocenters. The van der Waals surface area contributed by atoms with Crippen LogP contribution in [0.5, 0.6) is 0 Å². The molecule has 0 aromatic carbocycles. The Bertz CT molecular complexity index is 295. The highest BCUT2D eigenvalue weighted by Crippen LogP contribution is 2.20. The number of urea groups is 1. The van der Waals surface area contributed by atoms with Crippen LogP contribution < -0.4 is 0 Å². The van der Waals surface area contributed by atoms with Gasteiger partial charge >= 0.3 is 12.0 Å². The highest BCUT2D eigenvalue weighted by Gasteiger charge is 2.38. The third kappa shape index (κ3) is 1.97. The van der Waals surface area contributed by atoms with Gasteiger partial charge in [-0.05, 0) is 6.42 Å². The summed E-state index contributed by atoms with van der Waals surface area (Å²) in [6, 6.07) is 0.0457. The number of carboxylic acids is 1. The number of likely N-dealkylation sites (N-methyl/N-ethyl adjacent to an activating group) is 1. The van der Waals surface area contributed by atoms with E-state index in [1.54, 1.807) is 16.8 Å². The summed E-state index contributed by atoms with van der Waals surface area (Å²) in [6.45, 7) is 1.93. The Morgan fingerprint density at radius 3 is 2.62 bits per heavy atom. The monoisotopic (exact) mass is 228 g/mol. The van der Waals surface area contributed by atoms with Crippen LogP contribution in [0.4, 0.5) is 4.79 Å². The molecule has 0 spiro atoms. The van der Waals surface area contributed by atoms with E-state index in [1.807, 2.05) is 0 Å². The highest BCUT2D eigenvalue weighted by molar-refractivity contribution is 5.79. The zero-order valence-electron chi connectivity index (χ0n) is 9.26. The second-order valence-corrected chi connectivity index (χ2v) is 4.35. The number of likely N-dealkylation sites (tertiary alicyclic amines) is 1. The Hall–Kier alpha value is -1.30. The molecule has 2 rings (SSSR count). The molecule has 2 amide bonds. The summed E-state index contributed by atoms with van der Waals surface area (Å²) in [5.41, 5.74) is 0. The summed E-state index contributed by atoms with van der Waals surface area (Å²) < 4.78 is 5.21. The van der Waals surface area contributed by atoms with Crippen LogP contribution >= 0.6 is 0 Å². The molecular formula is C10H16N2O4. The van der Waals surface area contributed by atoms with Gasteiger partial charge in [0.2, 0.25) is 0 Å². The van der Waals surface area contributed by atoms with Crippen molar-refractivity contribution in [3.8, 4) is 0 Å². The summed E-state index contributed by atoms with van der Waals surface area (Å²) in [6.07, 6.45) is 0.860. The number of hydrogen-bond acceptors (Lipinski definition) is 3. The first kappa shape index (κ1) is 11.2. The normalized spacial score (nSPS) is 25.3. The largest absolute Gasteiger partial charge is 0.481 e. The van der Waals surface area contributed by atoms with Gasteiger partial charge in [0, 0.05) is 26.7 Å². The van der Waals surface area contributed by atoms with Crippen molar-refractivity contribution in [1.82, 2.24) is 9.80 Å². The van der Waals surface area contributed by atoms with Crippen molar-refractivity contribution < 1.29 is 19.4 Å². The molecule has 1 N–H and O–H groups in total. The SMILES string of the molecule is CN(C(=O)N1CC(C(=O)O)C1)C1CCOC1. The van der Waals surface area contributed by atoms with E-state index in [0.29, 0.717) is 26.3 Å². The molecule has 0 bridgehead atoms. The maximum atomic E-state index is 11.9. The zero-order chi connectivity index (χ0) is 11.7. The minimum Gasteiger partial charge on any atom is -0.481 e. The lowest BCUT2D eigenvalue weighted by Crippen LogP contribution is -2.57. The predicted molar refractivity (Wildman–Crippen MR) is 55.1 cm³/mol. The summed E-state index contributed by atoms with van der Waals surface area (Å²) in [7, 11) is 1.75. The quantitative estimate of drug-likeness (QED) is 0.713. The molecule has 0 aliphatic carbocycles. The lowest BCUT2D eigenvalue weighted by molar-refractivity contribution is -0.146. The lowest BCUT2D eigenvalue weighted by atomic mass is 10.0. The first-order chi connectivity index (χ1) is 7.59. The van der Waals surface area contributed by atoms with Crippen molar-refractivity contribution >= 4 is 12.0 Å². The first-order valence-electron chi connectivity index (χ1n) is 5.42. The van der Waals surface area contributed by atoms with Crippen molar-refractivity contribution in [3.05, 3.63) is 0 Å². The van der Waals surface area contributed by atoms with Crippen LogP contribution in [0.15, 0.2) is 0 Å². The third-order valence-corrected chi connectivity index (χ3v) is 3.26. The molecule has 2 aliphatic rings. The van der Waals surface area contributed by atoms with E-state index in [1.165, 1.54) is 0 Å². The van der Waals surface area contributed by atoms with E-state index in [4.69, 9.17) is 9.84 Å². The summed E-state index contributed by atoms with van der Waals surface area (Å²) in [5, 5.41) is 8.71. The molecule has 6 heteroatoms. The number of carbonyl (C=O) groups is 2. The number of carboxylic acid groups (broad SMARTS) is 1. The van der Waals surface area contributed by atoms with Gasteiger partial charge in [0.05, 0.1) is 18.6 Å². The van der Waals surface area contributed by atoms with Gasteiger partial charge in [-0.3, -0.25) is 4.79 Å². The molecule has 0 radical (unpaired) electrons. The van der Waals surface area contributed by atoms with Gasteiger partial charge in [-0.2, -0.15) is 0 Å². The van der Waals surface area contributed by atoms with E-state index in [2.05, 4.69) is 0 Å². The molecule has 0 saturated carbocycles. The molecule has 2 fully saturated rings. The van der Waals surface area contributed by atoms with Gasteiger partial charge in [-0.25, -0.2) is 4.79 Å². The van der Waals surface area contributed by atoms with E-state index in [-0.39, 0.29) is 12.1 Å². The van der Waals surface area contributed by atoms with Gasteiger partial charge in [-0.1, -0.05) is 0 Å². The molecule has 16 heavy (non-hydrogen) atoms. The van der Waals surface area contributed by atoms with Gasteiger partial charge in [-0.15, -0.1) is 0 Å². The average Bonchev–Trinajstić information content (AvgIpc) is 2.65. The van der Waals surface area contributed by atoms with Crippen molar-refractivity contribution in [1.29, 1.82) is 0 Å². The molecule has 90 valence electrons. The second-order valence-electron chi connectivity index (χ2n) is 4.35. The Morgan fingerprint density at radius 1 is 1.44 bits per heavy atom. The van der Waals surface area contributed by atoms with Crippen LogP contribution in [0, 0.1) is 5.92 Å². The molecule has 0 aromatic heterocycles. The fourth-order valence-electron chi connectivity index (χ4n) is 2.00. The number of ether oxygens (including phenoxy) is 1. The number of carbonyl (C=O) groups excluding carboxylic acids is 1. The number of nitrogens with zero attached hydrogens (tertiary/aromatic N) is 2. The minimum absolute atomic E-state index is 0.0898. The summed E-state index contributed by atoms with van der Waals surface area (Å²) in [5.74, 6) is -1.21. The van der Waals surface area contributed by atoms with E-state index in [0.717, 1.165) is 6.42 Å². The van der Waals surface area contributed by atoms with Gasteiger partial charge in [0.25, 0.3) is 0 Å². The van der Waals surface area contributed by atoms with Gasteiger partial charge < -0.3 is 19.6 Å². The number of rotatable bonds is 2. The number of amides is 2. The average molecular weight is 228 g/mol. The molecular weight excluding hydrogens is 212 g/mol. The van der Waals surface area contributed by atoms with Crippen LogP contribution in [-0.4, -0.2) is 66.3 Å². The van der Waals surface area contributed by atoms with E-state index >= 15 is 0 Å². The summed E-state index contributed by atoms with van der Waals surface area (Å²) >= 11 is 0.